The fourth-order valence-electron chi connectivity index (χ4n) is 2.13. The molecule has 0 aromatic carbocycles. The van der Waals surface area contributed by atoms with E-state index in [1.807, 2.05) is 0 Å². The molecule has 6 heteroatoms. The largest absolute Gasteiger partial charge is 0.343 e. The number of carbonyl (C=O) groups excluding carboxylic acids is 2. The van der Waals surface area contributed by atoms with Gasteiger partial charge in [-0.05, 0) is 25.0 Å². The van der Waals surface area contributed by atoms with Crippen LogP contribution in [0.1, 0.15) is 19.8 Å². The molecule has 3 amide bonds. The molecule has 0 atom stereocenters. The van der Waals surface area contributed by atoms with Crippen LogP contribution >= 0.6 is 0 Å². The molecule has 6 nitrogen and oxygen atoms in total. The number of carbonyl (C=O) groups is 2. The number of urea groups is 1. The summed E-state index contributed by atoms with van der Waals surface area (Å²) >= 11 is 0. The van der Waals surface area contributed by atoms with E-state index in [-0.39, 0.29) is 18.0 Å². The molecule has 0 bridgehead atoms. The third-order valence-corrected chi connectivity index (χ3v) is 3.19. The normalized spacial score (nSPS) is 15.9. The van der Waals surface area contributed by atoms with Gasteiger partial charge in [-0.15, -0.1) is 0 Å². The smallest absolute Gasteiger partial charge is 0.319 e. The maximum absolute atomic E-state index is 11.8. The predicted octanol–water partition coefficient (Wildman–Crippen LogP) is 1.21. The van der Waals surface area contributed by atoms with Gasteiger partial charge in [0.05, 0.1) is 11.9 Å². The molecule has 0 unspecified atom stereocenters. The summed E-state index contributed by atoms with van der Waals surface area (Å²) in [6, 6.07) is 3.44. The molecule has 1 aromatic heterocycles. The van der Waals surface area contributed by atoms with Crippen molar-refractivity contribution >= 4 is 17.6 Å². The maximum Gasteiger partial charge on any atom is 0.319 e. The van der Waals surface area contributed by atoms with Crippen molar-refractivity contribution in [2.24, 2.45) is 0 Å². The van der Waals surface area contributed by atoms with E-state index in [1.165, 1.54) is 0 Å². The van der Waals surface area contributed by atoms with Crippen LogP contribution in [-0.2, 0) is 4.79 Å². The maximum atomic E-state index is 11.8. The Hall–Kier alpha value is -2.11. The lowest BCUT2D eigenvalue weighted by Crippen LogP contribution is -2.47. The molecular weight excluding hydrogens is 244 g/mol. The van der Waals surface area contributed by atoms with Crippen LogP contribution in [0.25, 0.3) is 0 Å². The SMILES string of the molecule is CC(=O)N1CCC(NC(=O)Nc2cccnc2)CC1. The molecule has 1 aromatic rings. The van der Waals surface area contributed by atoms with Crippen LogP contribution in [0.15, 0.2) is 24.5 Å². The van der Waals surface area contributed by atoms with Gasteiger partial charge in [0.25, 0.3) is 0 Å². The fraction of sp³-hybridized carbons (Fsp3) is 0.462. The van der Waals surface area contributed by atoms with Gasteiger partial charge >= 0.3 is 6.03 Å². The average molecular weight is 262 g/mol. The van der Waals surface area contributed by atoms with Gasteiger partial charge in [-0.25, -0.2) is 4.79 Å². The van der Waals surface area contributed by atoms with Gasteiger partial charge in [0.15, 0.2) is 0 Å². The number of nitrogens with one attached hydrogen (secondary N) is 2. The topological polar surface area (TPSA) is 74.3 Å². The number of aromatic nitrogens is 1. The molecule has 0 saturated carbocycles. The standard InChI is InChI=1S/C13H18N4O2/c1-10(18)17-7-4-11(5-8-17)15-13(19)16-12-3-2-6-14-9-12/h2-3,6,9,11H,4-5,7-8H2,1H3,(H2,15,16,19). The van der Waals surface area contributed by atoms with Crippen molar-refractivity contribution in [3.8, 4) is 0 Å². The molecule has 1 aliphatic rings. The van der Waals surface area contributed by atoms with Crippen LogP contribution < -0.4 is 10.6 Å². The van der Waals surface area contributed by atoms with Crippen molar-refractivity contribution < 1.29 is 9.59 Å². The van der Waals surface area contributed by atoms with Crippen LogP contribution in [-0.4, -0.2) is 41.0 Å². The van der Waals surface area contributed by atoms with Gasteiger partial charge in [-0.2, -0.15) is 0 Å². The van der Waals surface area contributed by atoms with Crippen molar-refractivity contribution in [1.29, 1.82) is 0 Å². The van der Waals surface area contributed by atoms with Crippen LogP contribution in [0.3, 0.4) is 0 Å². The Morgan fingerprint density at radius 2 is 2.11 bits per heavy atom. The number of piperidine rings is 1. The predicted molar refractivity (Wildman–Crippen MR) is 71.7 cm³/mol. The number of nitrogens with zero attached hydrogens (tertiary/aromatic N) is 2. The van der Waals surface area contributed by atoms with E-state index >= 15 is 0 Å². The van der Waals surface area contributed by atoms with E-state index in [1.54, 1.807) is 36.4 Å². The number of hydrogen-bond acceptors (Lipinski definition) is 3. The Morgan fingerprint density at radius 3 is 2.68 bits per heavy atom. The highest BCUT2D eigenvalue weighted by molar-refractivity contribution is 5.89. The number of hydrogen-bond donors (Lipinski definition) is 2. The molecule has 2 heterocycles. The first-order chi connectivity index (χ1) is 9.15. The highest BCUT2D eigenvalue weighted by atomic mass is 16.2. The zero-order chi connectivity index (χ0) is 13.7. The molecule has 1 saturated heterocycles. The van der Waals surface area contributed by atoms with E-state index in [9.17, 15) is 9.59 Å². The summed E-state index contributed by atoms with van der Waals surface area (Å²) in [5, 5.41) is 5.64. The molecule has 0 aliphatic carbocycles. The van der Waals surface area contributed by atoms with Gasteiger partial charge in [0.1, 0.15) is 0 Å². The number of pyridine rings is 1. The van der Waals surface area contributed by atoms with Gasteiger partial charge in [0, 0.05) is 32.3 Å². The van der Waals surface area contributed by atoms with E-state index < -0.39 is 0 Å². The summed E-state index contributed by atoms with van der Waals surface area (Å²) in [6.07, 6.45) is 4.83. The van der Waals surface area contributed by atoms with Crippen molar-refractivity contribution in [2.75, 3.05) is 18.4 Å². The number of rotatable bonds is 2. The third-order valence-electron chi connectivity index (χ3n) is 3.19. The minimum atomic E-state index is -0.228. The van der Waals surface area contributed by atoms with Crippen molar-refractivity contribution in [3.63, 3.8) is 0 Å². The van der Waals surface area contributed by atoms with Gasteiger partial charge in [0.2, 0.25) is 5.91 Å². The van der Waals surface area contributed by atoms with Crippen LogP contribution in [0, 0.1) is 0 Å². The minimum absolute atomic E-state index is 0.0956. The highest BCUT2D eigenvalue weighted by Gasteiger charge is 2.21. The second kappa shape index (κ2) is 6.17. The van der Waals surface area contributed by atoms with E-state index in [2.05, 4.69) is 15.6 Å². The van der Waals surface area contributed by atoms with Gasteiger partial charge < -0.3 is 15.5 Å². The lowest BCUT2D eigenvalue weighted by molar-refractivity contribution is -0.129. The first-order valence-corrected chi connectivity index (χ1v) is 6.38. The molecule has 1 aliphatic heterocycles. The van der Waals surface area contributed by atoms with Crippen LogP contribution in [0.2, 0.25) is 0 Å². The number of likely N-dealkylation sites (tertiary alicyclic amines) is 1. The fourth-order valence-corrected chi connectivity index (χ4v) is 2.13. The monoisotopic (exact) mass is 262 g/mol. The molecule has 0 radical (unpaired) electrons. The van der Waals surface area contributed by atoms with Crippen LogP contribution in [0.4, 0.5) is 10.5 Å². The summed E-state index contributed by atoms with van der Waals surface area (Å²) in [5.41, 5.74) is 0.668. The Labute approximate surface area is 112 Å². The summed E-state index contributed by atoms with van der Waals surface area (Å²) in [7, 11) is 0. The van der Waals surface area contributed by atoms with E-state index in [4.69, 9.17) is 0 Å². The van der Waals surface area contributed by atoms with Crippen molar-refractivity contribution in [1.82, 2.24) is 15.2 Å². The summed E-state index contributed by atoms with van der Waals surface area (Å²) in [5.74, 6) is 0.0956. The molecule has 1 fully saturated rings. The average Bonchev–Trinajstić information content (AvgIpc) is 2.40. The molecule has 2 rings (SSSR count). The van der Waals surface area contributed by atoms with E-state index in [0.29, 0.717) is 18.8 Å². The van der Waals surface area contributed by atoms with Gasteiger partial charge in [-0.3, -0.25) is 9.78 Å². The van der Waals surface area contributed by atoms with Crippen molar-refractivity contribution in [3.05, 3.63) is 24.5 Å². The summed E-state index contributed by atoms with van der Waals surface area (Å²) in [6.45, 7) is 2.98. The zero-order valence-corrected chi connectivity index (χ0v) is 10.9. The number of anilines is 1. The van der Waals surface area contributed by atoms with Gasteiger partial charge in [-0.1, -0.05) is 0 Å². The van der Waals surface area contributed by atoms with Crippen molar-refractivity contribution in [2.45, 2.75) is 25.8 Å². The molecule has 2 N–H and O–H groups in total. The molecule has 19 heavy (non-hydrogen) atoms. The first kappa shape index (κ1) is 13.3. The molecular formula is C13H18N4O2. The summed E-state index contributed by atoms with van der Waals surface area (Å²) < 4.78 is 0. The minimum Gasteiger partial charge on any atom is -0.343 e. The lowest BCUT2D eigenvalue weighted by Gasteiger charge is -2.31. The number of amides is 3. The first-order valence-electron chi connectivity index (χ1n) is 6.38. The summed E-state index contributed by atoms with van der Waals surface area (Å²) in [4.78, 5) is 28.7. The highest BCUT2D eigenvalue weighted by Crippen LogP contribution is 2.11. The Bertz CT molecular complexity index is 441. The Kier molecular flexibility index (Phi) is 4.33. The molecule has 102 valence electrons. The Balaban J connectivity index is 1.76. The quantitative estimate of drug-likeness (QED) is 0.841. The van der Waals surface area contributed by atoms with E-state index in [0.717, 1.165) is 12.8 Å². The van der Waals surface area contributed by atoms with Crippen LogP contribution in [0.5, 0.6) is 0 Å². The third kappa shape index (κ3) is 3.94. The Morgan fingerprint density at radius 1 is 1.37 bits per heavy atom. The second-order valence-electron chi connectivity index (χ2n) is 4.62. The zero-order valence-electron chi connectivity index (χ0n) is 10.9. The second-order valence-corrected chi connectivity index (χ2v) is 4.62. The lowest BCUT2D eigenvalue weighted by atomic mass is 10.1. The molecule has 0 spiro atoms.